The van der Waals surface area contributed by atoms with Crippen LogP contribution in [0.4, 0.5) is 0 Å². The molecule has 1 unspecified atom stereocenters. The molecule has 1 amide bonds. The third-order valence-corrected chi connectivity index (χ3v) is 7.91. The highest BCUT2D eigenvalue weighted by Gasteiger charge is 2.60. The molecule has 3 fully saturated rings. The van der Waals surface area contributed by atoms with Crippen LogP contribution in [0.1, 0.15) is 26.7 Å². The third-order valence-electron chi connectivity index (χ3n) is 6.40. The minimum Gasteiger partial charge on any atom is -0.477 e. The van der Waals surface area contributed by atoms with Crippen molar-refractivity contribution in [3.63, 3.8) is 0 Å². The van der Waals surface area contributed by atoms with Gasteiger partial charge in [0.2, 0.25) is 5.91 Å². The summed E-state index contributed by atoms with van der Waals surface area (Å²) in [5.41, 5.74) is 0.139. The molecular formula is C18H27N3O4S. The zero-order chi connectivity index (χ0) is 18.6. The molecule has 4 aliphatic rings. The van der Waals surface area contributed by atoms with Gasteiger partial charge in [-0.2, -0.15) is 0 Å². The number of thioether (sulfide) groups is 1. The average Bonchev–Trinajstić information content (AvgIpc) is 3.28. The Hall–Kier alpha value is -1.09. The van der Waals surface area contributed by atoms with E-state index in [4.69, 9.17) is 0 Å². The summed E-state index contributed by atoms with van der Waals surface area (Å²) in [6.45, 7) is 6.59. The summed E-state index contributed by atoms with van der Waals surface area (Å²) in [6, 6.07) is 0.261. The maximum atomic E-state index is 12.4. The van der Waals surface area contributed by atoms with Gasteiger partial charge in [-0.25, -0.2) is 4.79 Å². The quantitative estimate of drug-likeness (QED) is 0.505. The first kappa shape index (κ1) is 18.3. The minimum absolute atomic E-state index is 0.0457. The zero-order valence-corrected chi connectivity index (χ0v) is 16.0. The van der Waals surface area contributed by atoms with E-state index in [1.807, 2.05) is 6.92 Å². The number of aliphatic carboxylic acids is 1. The number of hydrogen-bond donors (Lipinski definition) is 4. The van der Waals surface area contributed by atoms with Gasteiger partial charge >= 0.3 is 5.97 Å². The number of aliphatic hydroxyl groups excluding tert-OH is 1. The molecule has 26 heavy (non-hydrogen) atoms. The molecule has 0 aromatic carbocycles. The number of hydrogen-bond acceptors (Lipinski definition) is 6. The van der Waals surface area contributed by atoms with E-state index in [2.05, 4.69) is 10.6 Å². The summed E-state index contributed by atoms with van der Waals surface area (Å²) in [5.74, 6) is -1.19. The number of aliphatic hydroxyl groups is 1. The van der Waals surface area contributed by atoms with Gasteiger partial charge in [-0.05, 0) is 38.8 Å². The maximum Gasteiger partial charge on any atom is 0.353 e. The fourth-order valence-electron chi connectivity index (χ4n) is 5.06. The van der Waals surface area contributed by atoms with Gasteiger partial charge in [0.1, 0.15) is 5.70 Å². The van der Waals surface area contributed by atoms with Crippen molar-refractivity contribution in [2.75, 3.05) is 19.6 Å². The molecule has 0 aromatic heterocycles. The van der Waals surface area contributed by atoms with E-state index in [-0.39, 0.29) is 23.6 Å². The monoisotopic (exact) mass is 381 g/mol. The maximum absolute atomic E-state index is 12.4. The zero-order valence-electron chi connectivity index (χ0n) is 15.1. The normalized spacial score (nSPS) is 40.7. The Labute approximate surface area is 157 Å². The number of nitrogens with one attached hydrogen (secondary N) is 2. The summed E-state index contributed by atoms with van der Waals surface area (Å²) in [7, 11) is 0. The van der Waals surface area contributed by atoms with E-state index in [1.54, 1.807) is 18.7 Å². The number of amides is 1. The Kier molecular flexibility index (Phi) is 4.79. The number of carbonyl (C=O) groups is 2. The van der Waals surface area contributed by atoms with Crippen molar-refractivity contribution >= 4 is 23.6 Å². The van der Waals surface area contributed by atoms with Crippen molar-refractivity contribution in [3.8, 4) is 0 Å². The molecule has 8 heteroatoms. The summed E-state index contributed by atoms with van der Waals surface area (Å²) in [4.78, 5) is 26.5. The number of carboxylic acid groups (broad SMARTS) is 1. The first-order chi connectivity index (χ1) is 12.4. The molecular weight excluding hydrogens is 354 g/mol. The van der Waals surface area contributed by atoms with Crippen LogP contribution >= 0.6 is 11.8 Å². The predicted octanol–water partition coefficient (Wildman–Crippen LogP) is 0.213. The van der Waals surface area contributed by atoms with Crippen LogP contribution in [0.25, 0.3) is 0 Å². The summed E-state index contributed by atoms with van der Waals surface area (Å²) in [5, 5.41) is 27.0. The number of nitrogens with zero attached hydrogens (tertiary/aromatic N) is 1. The Bertz CT molecular complexity index is 646. The number of carbonyl (C=O) groups excluding carboxylic acids is 1. The van der Waals surface area contributed by atoms with Crippen molar-refractivity contribution < 1.29 is 19.8 Å². The standard InChI is InChI=1S/C18H27N3O4S/c1-8-14-13(9(2)22)17(23)21(14)15(18(24)25)16(8)26-11-5-12(20-7-11)10-3-4-19-6-10/h8-14,19-20,22H,3-7H2,1-2H3,(H,24,25)/t8-,9-,10?,11+,12+,13-,14-/m1/s1. The third kappa shape index (κ3) is 2.78. The molecule has 144 valence electrons. The van der Waals surface area contributed by atoms with E-state index >= 15 is 0 Å². The molecule has 4 rings (SSSR count). The van der Waals surface area contributed by atoms with Crippen molar-refractivity contribution in [1.29, 1.82) is 0 Å². The molecule has 0 bridgehead atoms. The second-order valence-electron chi connectivity index (χ2n) is 8.02. The molecule has 0 aliphatic carbocycles. The summed E-state index contributed by atoms with van der Waals surface area (Å²) < 4.78 is 0. The summed E-state index contributed by atoms with van der Waals surface area (Å²) in [6.07, 6.45) is 1.46. The van der Waals surface area contributed by atoms with Gasteiger partial charge in [0.05, 0.1) is 18.1 Å². The van der Waals surface area contributed by atoms with Gasteiger partial charge in [0, 0.05) is 28.7 Å². The van der Waals surface area contributed by atoms with E-state index in [9.17, 15) is 19.8 Å². The highest BCUT2D eigenvalue weighted by molar-refractivity contribution is 8.03. The van der Waals surface area contributed by atoms with Crippen molar-refractivity contribution in [3.05, 3.63) is 10.6 Å². The number of rotatable bonds is 5. The topological polar surface area (TPSA) is 102 Å². The van der Waals surface area contributed by atoms with Crippen LogP contribution in [0.15, 0.2) is 10.6 Å². The highest BCUT2D eigenvalue weighted by Crippen LogP contribution is 2.52. The fourth-order valence-corrected chi connectivity index (χ4v) is 6.55. The van der Waals surface area contributed by atoms with Crippen LogP contribution in [-0.4, -0.2) is 70.1 Å². The molecule has 4 N–H and O–H groups in total. The Morgan fingerprint density at radius 3 is 2.77 bits per heavy atom. The second-order valence-corrected chi connectivity index (χ2v) is 9.36. The first-order valence-corrected chi connectivity index (χ1v) is 10.4. The van der Waals surface area contributed by atoms with Crippen molar-refractivity contribution in [2.24, 2.45) is 17.8 Å². The lowest BCUT2D eigenvalue weighted by Crippen LogP contribution is -2.63. The Morgan fingerprint density at radius 2 is 2.15 bits per heavy atom. The van der Waals surface area contributed by atoms with E-state index in [0.717, 1.165) is 31.0 Å². The van der Waals surface area contributed by atoms with E-state index in [0.29, 0.717) is 17.2 Å². The van der Waals surface area contributed by atoms with Crippen LogP contribution < -0.4 is 10.6 Å². The molecule has 3 saturated heterocycles. The highest BCUT2D eigenvalue weighted by atomic mass is 32.2. The van der Waals surface area contributed by atoms with Crippen LogP contribution in [0.5, 0.6) is 0 Å². The van der Waals surface area contributed by atoms with Crippen LogP contribution in [0, 0.1) is 17.8 Å². The fraction of sp³-hybridized carbons (Fsp3) is 0.778. The molecule has 0 radical (unpaired) electrons. The Morgan fingerprint density at radius 1 is 1.38 bits per heavy atom. The number of carboxylic acids is 1. The lowest BCUT2D eigenvalue weighted by atomic mass is 9.79. The minimum atomic E-state index is -1.04. The molecule has 7 atom stereocenters. The second kappa shape index (κ2) is 6.82. The molecule has 0 spiro atoms. The largest absolute Gasteiger partial charge is 0.477 e. The van der Waals surface area contributed by atoms with E-state index in [1.165, 1.54) is 11.3 Å². The van der Waals surface area contributed by atoms with Crippen LogP contribution in [-0.2, 0) is 9.59 Å². The van der Waals surface area contributed by atoms with Gasteiger partial charge in [0.25, 0.3) is 0 Å². The van der Waals surface area contributed by atoms with Crippen molar-refractivity contribution in [2.45, 2.75) is 50.1 Å². The van der Waals surface area contributed by atoms with E-state index < -0.39 is 18.0 Å². The molecule has 0 saturated carbocycles. The number of fused-ring (bicyclic) bond motifs is 1. The molecule has 7 nitrogen and oxygen atoms in total. The van der Waals surface area contributed by atoms with Crippen LogP contribution in [0.3, 0.4) is 0 Å². The van der Waals surface area contributed by atoms with Gasteiger partial charge in [-0.3, -0.25) is 4.79 Å². The number of β-lactam (4-membered cyclic amide) rings is 1. The van der Waals surface area contributed by atoms with Crippen LogP contribution in [0.2, 0.25) is 0 Å². The SMILES string of the molecule is C[C@@H](O)[C@H]1C(=O)N2C(C(=O)O)=C(S[C@@H]3CN[C@H](C4CCNC4)C3)[C@H](C)[C@H]12. The lowest BCUT2D eigenvalue weighted by Gasteiger charge is -2.46. The van der Waals surface area contributed by atoms with Gasteiger partial charge in [-0.15, -0.1) is 11.8 Å². The molecule has 4 heterocycles. The average molecular weight is 381 g/mol. The van der Waals surface area contributed by atoms with Gasteiger partial charge in [-0.1, -0.05) is 6.92 Å². The molecule has 4 aliphatic heterocycles. The summed E-state index contributed by atoms with van der Waals surface area (Å²) >= 11 is 1.63. The van der Waals surface area contributed by atoms with Gasteiger partial charge in [0.15, 0.2) is 0 Å². The van der Waals surface area contributed by atoms with Crippen molar-refractivity contribution in [1.82, 2.24) is 15.5 Å². The molecule has 0 aromatic rings. The smallest absolute Gasteiger partial charge is 0.353 e. The predicted molar refractivity (Wildman–Crippen MR) is 98.4 cm³/mol. The first-order valence-electron chi connectivity index (χ1n) is 9.49. The van der Waals surface area contributed by atoms with Gasteiger partial charge < -0.3 is 25.7 Å². The lowest BCUT2D eigenvalue weighted by molar-refractivity contribution is -0.163. The Balaban J connectivity index is 1.50.